The number of hydrogen-bond donors (Lipinski definition) is 0. The van der Waals surface area contributed by atoms with Gasteiger partial charge in [-0.1, -0.05) is 31.4 Å². The lowest BCUT2D eigenvalue weighted by Gasteiger charge is -2.04. The fourth-order valence-electron chi connectivity index (χ4n) is 1.06. The first kappa shape index (κ1) is 22.5. The summed E-state index contributed by atoms with van der Waals surface area (Å²) in [6.45, 7) is 0. The van der Waals surface area contributed by atoms with Gasteiger partial charge in [-0.2, -0.15) is 0 Å². The molecule has 0 amide bonds. The van der Waals surface area contributed by atoms with Gasteiger partial charge in [-0.05, 0) is 0 Å². The molecule has 1 heterocycles. The van der Waals surface area contributed by atoms with Crippen LogP contribution in [0.2, 0.25) is 12.1 Å². The Bertz CT molecular complexity index is 29.1. The van der Waals surface area contributed by atoms with E-state index in [1.807, 2.05) is 0 Å². The van der Waals surface area contributed by atoms with Crippen molar-refractivity contribution in [2.45, 2.75) is 31.4 Å². The van der Waals surface area contributed by atoms with Gasteiger partial charge in [0.2, 0.25) is 0 Å². The van der Waals surface area contributed by atoms with Crippen LogP contribution in [0, 0.1) is 0 Å². The van der Waals surface area contributed by atoms with Crippen molar-refractivity contribution in [3.8, 4) is 0 Å². The third-order valence-corrected chi connectivity index (χ3v) is 3.50. The van der Waals surface area contributed by atoms with Crippen LogP contribution < -0.4 is 0 Å². The highest BCUT2D eigenvalue weighted by molar-refractivity contribution is 6.35. The zero-order chi connectivity index (χ0) is 4.24. The zero-order valence-electron chi connectivity index (χ0n) is 5.88. The van der Waals surface area contributed by atoms with Crippen LogP contribution in [-0.4, -0.2) is 9.52 Å². The van der Waals surface area contributed by atoms with Crippen LogP contribution in [0.25, 0.3) is 0 Å². The summed E-state index contributed by atoms with van der Waals surface area (Å²) in [6, 6.07) is 3.28. The molecule has 0 unspecified atom stereocenters. The number of hydrogen-bond acceptors (Lipinski definition) is 0. The summed E-state index contributed by atoms with van der Waals surface area (Å²) in [5, 5.41) is 0. The van der Waals surface area contributed by atoms with Gasteiger partial charge in [0.15, 0.2) is 0 Å². The van der Waals surface area contributed by atoms with Crippen molar-refractivity contribution < 1.29 is 18.8 Å². The van der Waals surface area contributed by atoms with Crippen molar-refractivity contribution in [1.29, 1.82) is 0 Å². The first-order valence-corrected chi connectivity index (χ1v) is 5.00. The quantitative estimate of drug-likeness (QED) is 0.394. The maximum Gasteiger partial charge on any atom is 0.0197 e. The second kappa shape index (κ2) is 16.0. The molecule has 0 N–H and O–H groups in total. The van der Waals surface area contributed by atoms with Crippen LogP contribution in [0.4, 0.5) is 18.8 Å². The summed E-state index contributed by atoms with van der Waals surface area (Å²) in [7, 11) is 0.508. The van der Waals surface area contributed by atoms with E-state index in [4.69, 9.17) is 0 Å². The molecule has 0 bridgehead atoms. The molecule has 1 aliphatic rings. The number of rotatable bonds is 0. The summed E-state index contributed by atoms with van der Waals surface area (Å²) in [4.78, 5) is 0. The number of halogens is 4. The Kier molecular flexibility index (Phi) is 36.0. The molecule has 68 valence electrons. The summed E-state index contributed by atoms with van der Waals surface area (Å²) in [5.41, 5.74) is 0. The Morgan fingerprint density at radius 3 is 1.10 bits per heavy atom. The van der Waals surface area contributed by atoms with Gasteiger partial charge in [0.25, 0.3) is 0 Å². The van der Waals surface area contributed by atoms with Crippen molar-refractivity contribution >= 4 is 9.52 Å². The van der Waals surface area contributed by atoms with Crippen molar-refractivity contribution in [3.05, 3.63) is 0 Å². The molecule has 5 heteroatoms. The molecule has 1 rings (SSSR count). The minimum Gasteiger partial charge on any atom is -0.269 e. The van der Waals surface area contributed by atoms with E-state index < -0.39 is 0 Å². The first-order chi connectivity index (χ1) is 3.00. The SMILES string of the molecule is C1CC[SiH2]CC1.F.F.F.F. The Morgan fingerprint density at radius 2 is 1.00 bits per heavy atom. The summed E-state index contributed by atoms with van der Waals surface area (Å²) in [6.07, 6.45) is 4.66. The minimum atomic E-state index is 0. The highest BCUT2D eigenvalue weighted by atomic mass is 28.2. The Balaban J connectivity index is -0.0000000450. The van der Waals surface area contributed by atoms with Gasteiger partial charge in [-0.15, -0.1) is 0 Å². The average Bonchev–Trinajstić information content (AvgIpc) is 1.72. The van der Waals surface area contributed by atoms with Crippen LogP contribution in [0.5, 0.6) is 0 Å². The molecule has 0 saturated carbocycles. The van der Waals surface area contributed by atoms with Gasteiger partial charge >= 0.3 is 0 Å². The standard InChI is InChI=1S/C5H12Si.4FH/c1-2-4-6-5-3-1;;;;/h1-6H2;4*1H. The topological polar surface area (TPSA) is 0 Å². The van der Waals surface area contributed by atoms with Gasteiger partial charge in [0.05, 0.1) is 0 Å². The van der Waals surface area contributed by atoms with Crippen molar-refractivity contribution in [1.82, 2.24) is 0 Å². The van der Waals surface area contributed by atoms with E-state index in [1.165, 1.54) is 6.42 Å². The molecule has 1 aliphatic heterocycles. The van der Waals surface area contributed by atoms with Gasteiger partial charge in [0, 0.05) is 9.52 Å². The van der Waals surface area contributed by atoms with Gasteiger partial charge in [-0.25, -0.2) is 0 Å². The molecule has 0 aromatic carbocycles. The molecule has 1 saturated heterocycles. The fraction of sp³-hybridized carbons (Fsp3) is 1.00. The normalized spacial score (nSPS) is 14.4. The van der Waals surface area contributed by atoms with E-state index in [2.05, 4.69) is 0 Å². The average molecular weight is 180 g/mol. The second-order valence-corrected chi connectivity index (χ2v) is 4.24. The highest BCUT2D eigenvalue weighted by Crippen LogP contribution is 2.10. The van der Waals surface area contributed by atoms with Crippen LogP contribution in [0.15, 0.2) is 0 Å². The molecule has 0 nitrogen and oxygen atoms in total. The van der Waals surface area contributed by atoms with Gasteiger partial charge < -0.3 is 0 Å². The van der Waals surface area contributed by atoms with E-state index >= 15 is 0 Å². The van der Waals surface area contributed by atoms with Crippen LogP contribution in [-0.2, 0) is 0 Å². The monoisotopic (exact) mass is 180 g/mol. The summed E-state index contributed by atoms with van der Waals surface area (Å²) >= 11 is 0. The molecule has 1 fully saturated rings. The predicted octanol–water partition coefficient (Wildman–Crippen LogP) is 1.79. The van der Waals surface area contributed by atoms with E-state index in [9.17, 15) is 0 Å². The Labute approximate surface area is 60.7 Å². The van der Waals surface area contributed by atoms with Crippen molar-refractivity contribution in [2.24, 2.45) is 0 Å². The summed E-state index contributed by atoms with van der Waals surface area (Å²) < 4.78 is 0. The maximum absolute atomic E-state index is 1.64. The largest absolute Gasteiger partial charge is 0.269 e. The third-order valence-electron chi connectivity index (χ3n) is 1.50. The Morgan fingerprint density at radius 1 is 0.600 bits per heavy atom. The zero-order valence-corrected chi connectivity index (χ0v) is 7.29. The lowest BCUT2D eigenvalue weighted by molar-refractivity contribution is 0.734. The molecule has 0 aromatic heterocycles. The lowest BCUT2D eigenvalue weighted by Crippen LogP contribution is -1.94. The van der Waals surface area contributed by atoms with E-state index in [0.717, 1.165) is 0 Å². The maximum atomic E-state index is 1.64. The third kappa shape index (κ3) is 10.8. The Hall–Kier alpha value is -0.0631. The van der Waals surface area contributed by atoms with Crippen LogP contribution in [0.1, 0.15) is 19.3 Å². The van der Waals surface area contributed by atoms with Crippen molar-refractivity contribution in [2.75, 3.05) is 0 Å². The lowest BCUT2D eigenvalue weighted by atomic mass is 10.3. The summed E-state index contributed by atoms with van der Waals surface area (Å²) in [5.74, 6) is 0. The second-order valence-electron chi connectivity index (χ2n) is 2.12. The van der Waals surface area contributed by atoms with Gasteiger partial charge in [-0.3, -0.25) is 18.8 Å². The smallest absolute Gasteiger partial charge is 0.0197 e. The van der Waals surface area contributed by atoms with Crippen LogP contribution in [0.3, 0.4) is 0 Å². The highest BCUT2D eigenvalue weighted by Gasteiger charge is 1.96. The molecule has 0 aliphatic carbocycles. The molecule has 0 aromatic rings. The van der Waals surface area contributed by atoms with Gasteiger partial charge in [0.1, 0.15) is 0 Å². The molecular weight excluding hydrogens is 164 g/mol. The molecular formula is C5H16F4Si. The van der Waals surface area contributed by atoms with Crippen LogP contribution >= 0.6 is 0 Å². The minimum absolute atomic E-state index is 0. The molecule has 0 atom stereocenters. The molecule has 10 heavy (non-hydrogen) atoms. The first-order valence-electron chi connectivity index (χ1n) is 3.00. The van der Waals surface area contributed by atoms with E-state index in [-0.39, 0.29) is 18.8 Å². The predicted molar refractivity (Wildman–Crippen MR) is 42.0 cm³/mol. The van der Waals surface area contributed by atoms with E-state index in [0.29, 0.717) is 9.52 Å². The molecule has 0 spiro atoms. The van der Waals surface area contributed by atoms with Crippen molar-refractivity contribution in [3.63, 3.8) is 0 Å². The fourth-order valence-corrected chi connectivity index (χ4v) is 2.83. The molecule has 0 radical (unpaired) electrons. The van der Waals surface area contributed by atoms with E-state index in [1.54, 1.807) is 24.9 Å².